The summed E-state index contributed by atoms with van der Waals surface area (Å²) < 4.78 is 39.4. The molecule has 0 bridgehead atoms. The van der Waals surface area contributed by atoms with Crippen LogP contribution in [0.2, 0.25) is 0 Å². The fourth-order valence-corrected chi connectivity index (χ4v) is 8.63. The summed E-state index contributed by atoms with van der Waals surface area (Å²) in [6, 6.07) is 0. The maximum absolute atomic E-state index is 13.1. The normalized spacial score (nSPS) is 47.0. The highest BCUT2D eigenvalue weighted by Gasteiger charge is 2.60. The summed E-state index contributed by atoms with van der Waals surface area (Å²) in [6.07, 6.45) is 6.52. The van der Waals surface area contributed by atoms with Crippen molar-refractivity contribution in [1.82, 2.24) is 0 Å². The molecule has 0 saturated heterocycles. The zero-order chi connectivity index (χ0) is 23.7. The summed E-state index contributed by atoms with van der Waals surface area (Å²) in [7, 11) is 0. The van der Waals surface area contributed by atoms with Crippen molar-refractivity contribution in [3.63, 3.8) is 0 Å². The van der Waals surface area contributed by atoms with Crippen molar-refractivity contribution in [3.05, 3.63) is 11.6 Å². The van der Waals surface area contributed by atoms with Crippen molar-refractivity contribution in [2.75, 3.05) is 0 Å². The molecule has 1 unspecified atom stereocenters. The number of halogens is 3. The van der Waals surface area contributed by atoms with Crippen LogP contribution in [0.4, 0.5) is 13.2 Å². The topological polar surface area (TPSA) is 40.5 Å². The third-order valence-electron chi connectivity index (χ3n) is 10.8. The number of fused-ring (bicyclic) bond motifs is 5. The van der Waals surface area contributed by atoms with Gasteiger partial charge in [-0.3, -0.25) is 0 Å². The van der Waals surface area contributed by atoms with Crippen LogP contribution in [0.5, 0.6) is 0 Å². The second-order valence-electron chi connectivity index (χ2n) is 12.9. The van der Waals surface area contributed by atoms with Crippen LogP contribution in [0.1, 0.15) is 98.8 Å². The summed E-state index contributed by atoms with van der Waals surface area (Å²) >= 11 is 0. The Morgan fingerprint density at radius 1 is 1.06 bits per heavy atom. The van der Waals surface area contributed by atoms with E-state index >= 15 is 0 Å². The number of alkyl halides is 3. The molecular weight excluding hydrogens is 413 g/mol. The van der Waals surface area contributed by atoms with Gasteiger partial charge in [-0.1, -0.05) is 32.4 Å². The van der Waals surface area contributed by atoms with E-state index in [0.29, 0.717) is 30.1 Å². The zero-order valence-corrected chi connectivity index (χ0v) is 20.6. The number of aliphatic hydroxyl groups is 2. The van der Waals surface area contributed by atoms with Crippen molar-refractivity contribution < 1.29 is 23.4 Å². The van der Waals surface area contributed by atoms with Crippen molar-refractivity contribution in [3.8, 4) is 0 Å². The van der Waals surface area contributed by atoms with E-state index in [0.717, 1.165) is 45.4 Å². The molecule has 32 heavy (non-hydrogen) atoms. The third-order valence-corrected chi connectivity index (χ3v) is 10.8. The predicted molar refractivity (Wildman–Crippen MR) is 121 cm³/mol. The van der Waals surface area contributed by atoms with E-state index in [9.17, 15) is 23.4 Å². The number of hydrogen-bond donors (Lipinski definition) is 2. The molecule has 0 aromatic rings. The maximum Gasteiger partial charge on any atom is 0.416 e. The van der Waals surface area contributed by atoms with Gasteiger partial charge in [-0.05, 0) is 118 Å². The van der Waals surface area contributed by atoms with Crippen LogP contribution in [-0.2, 0) is 0 Å². The highest BCUT2D eigenvalue weighted by atomic mass is 19.4. The molecule has 4 aliphatic carbocycles. The number of hydrogen-bond acceptors (Lipinski definition) is 2. The predicted octanol–water partition coefficient (Wildman–Crippen LogP) is 7.05. The van der Waals surface area contributed by atoms with Gasteiger partial charge in [0.15, 0.2) is 5.60 Å². The SMILES string of the molecule is C[C@H](CC[C@@](C)(O)C(F)(F)F)C1CC[C@H]2[C@@H]3CC=C4C[C@@](C)(O)CC[C@]4(C)[C@H]3CC[C@]12C. The van der Waals surface area contributed by atoms with Crippen LogP contribution < -0.4 is 0 Å². The van der Waals surface area contributed by atoms with E-state index in [1.807, 2.05) is 6.92 Å². The second-order valence-corrected chi connectivity index (χ2v) is 12.9. The van der Waals surface area contributed by atoms with Gasteiger partial charge in [-0.15, -0.1) is 0 Å². The highest BCUT2D eigenvalue weighted by molar-refractivity contribution is 5.26. The Morgan fingerprint density at radius 2 is 1.75 bits per heavy atom. The summed E-state index contributed by atoms with van der Waals surface area (Å²) in [4.78, 5) is 0. The summed E-state index contributed by atoms with van der Waals surface area (Å²) in [5.74, 6) is 2.57. The Kier molecular flexibility index (Phi) is 5.94. The van der Waals surface area contributed by atoms with Crippen LogP contribution in [0.25, 0.3) is 0 Å². The van der Waals surface area contributed by atoms with E-state index in [4.69, 9.17) is 0 Å². The first-order chi connectivity index (χ1) is 14.6. The molecule has 4 aliphatic rings. The van der Waals surface area contributed by atoms with Crippen molar-refractivity contribution in [1.29, 1.82) is 0 Å². The molecule has 0 amide bonds. The largest absolute Gasteiger partial charge is 0.416 e. The molecule has 0 aliphatic heterocycles. The van der Waals surface area contributed by atoms with Crippen molar-refractivity contribution in [2.24, 2.45) is 40.4 Å². The Hall–Kier alpha value is -0.550. The highest BCUT2D eigenvalue weighted by Crippen LogP contribution is 2.67. The summed E-state index contributed by atoms with van der Waals surface area (Å²) in [5.41, 5.74) is -1.32. The van der Waals surface area contributed by atoms with Gasteiger partial charge in [0, 0.05) is 0 Å². The lowest BCUT2D eigenvalue weighted by Crippen LogP contribution is -2.52. The standard InChI is InChI=1S/C27H43F3O2/c1-17(10-13-26(5,32)27(28,29)30)20-8-9-21-19-7-6-18-16-23(2,31)14-15-24(18,3)22(19)11-12-25(20,21)4/h6,17,19-22,31-32H,7-16H2,1-5H3/t17-,19+,20?,21+,22+,23+,24+,25-,26-/m1/s1. The molecule has 0 aromatic heterocycles. The Labute approximate surface area is 192 Å². The number of allylic oxidation sites excluding steroid dienone is 1. The molecule has 3 saturated carbocycles. The quantitative estimate of drug-likeness (QED) is 0.445. The van der Waals surface area contributed by atoms with E-state index in [-0.39, 0.29) is 23.2 Å². The first-order valence-corrected chi connectivity index (χ1v) is 12.8. The first kappa shape index (κ1) is 24.6. The molecule has 5 heteroatoms. The van der Waals surface area contributed by atoms with Crippen molar-refractivity contribution in [2.45, 2.75) is 116 Å². The van der Waals surface area contributed by atoms with Crippen LogP contribution in [0.15, 0.2) is 11.6 Å². The fourth-order valence-electron chi connectivity index (χ4n) is 8.63. The minimum absolute atomic E-state index is 0.186. The van der Waals surface area contributed by atoms with E-state index in [2.05, 4.69) is 26.8 Å². The van der Waals surface area contributed by atoms with E-state index in [1.54, 1.807) is 0 Å². The minimum Gasteiger partial charge on any atom is -0.390 e. The summed E-state index contributed by atoms with van der Waals surface area (Å²) in [5, 5.41) is 20.6. The van der Waals surface area contributed by atoms with Gasteiger partial charge in [0.25, 0.3) is 0 Å². The Bertz CT molecular complexity index is 754. The lowest BCUT2D eigenvalue weighted by molar-refractivity contribution is -0.256. The van der Waals surface area contributed by atoms with Gasteiger partial charge in [0.05, 0.1) is 5.60 Å². The molecule has 9 atom stereocenters. The average Bonchev–Trinajstić information content (AvgIpc) is 3.03. The van der Waals surface area contributed by atoms with Crippen LogP contribution >= 0.6 is 0 Å². The smallest absolute Gasteiger partial charge is 0.390 e. The second kappa shape index (κ2) is 7.73. The lowest BCUT2D eigenvalue weighted by Gasteiger charge is -2.59. The van der Waals surface area contributed by atoms with E-state index < -0.39 is 17.4 Å². The fraction of sp³-hybridized carbons (Fsp3) is 0.926. The van der Waals surface area contributed by atoms with E-state index in [1.165, 1.54) is 18.4 Å². The zero-order valence-electron chi connectivity index (χ0n) is 20.6. The molecule has 0 heterocycles. The molecule has 0 radical (unpaired) electrons. The van der Waals surface area contributed by atoms with Crippen molar-refractivity contribution >= 4 is 0 Å². The lowest BCUT2D eigenvalue weighted by atomic mass is 9.46. The van der Waals surface area contributed by atoms with Gasteiger partial charge in [0.2, 0.25) is 0 Å². The third kappa shape index (κ3) is 3.87. The Morgan fingerprint density at radius 3 is 2.41 bits per heavy atom. The van der Waals surface area contributed by atoms with Gasteiger partial charge < -0.3 is 10.2 Å². The van der Waals surface area contributed by atoms with Gasteiger partial charge in [0.1, 0.15) is 0 Å². The summed E-state index contributed by atoms with van der Waals surface area (Å²) in [6.45, 7) is 9.84. The minimum atomic E-state index is -4.57. The van der Waals surface area contributed by atoms with Gasteiger partial charge >= 0.3 is 6.18 Å². The first-order valence-electron chi connectivity index (χ1n) is 12.8. The maximum atomic E-state index is 13.1. The van der Waals surface area contributed by atoms with Gasteiger partial charge in [-0.25, -0.2) is 0 Å². The molecule has 2 nitrogen and oxygen atoms in total. The van der Waals surface area contributed by atoms with Gasteiger partial charge in [-0.2, -0.15) is 13.2 Å². The van der Waals surface area contributed by atoms with Crippen LogP contribution in [-0.4, -0.2) is 27.6 Å². The molecule has 0 aromatic carbocycles. The molecule has 0 spiro atoms. The van der Waals surface area contributed by atoms with Crippen LogP contribution in [0, 0.1) is 40.4 Å². The average molecular weight is 457 g/mol. The van der Waals surface area contributed by atoms with Crippen LogP contribution in [0.3, 0.4) is 0 Å². The number of rotatable bonds is 4. The molecule has 3 fully saturated rings. The molecular formula is C27H43F3O2. The molecule has 4 rings (SSSR count). The Balaban J connectivity index is 1.49. The molecule has 2 N–H and O–H groups in total. The monoisotopic (exact) mass is 456 g/mol. The molecule has 184 valence electrons.